The normalized spacial score (nSPS) is 15.8. The summed E-state index contributed by atoms with van der Waals surface area (Å²) in [7, 11) is 0. The van der Waals surface area contributed by atoms with Crippen molar-refractivity contribution in [2.45, 2.75) is 48.8 Å². The molecule has 0 aliphatic heterocycles. The number of ether oxygens (including phenoxy) is 1. The molecule has 1 radical (unpaired) electrons. The van der Waals surface area contributed by atoms with E-state index in [0.717, 1.165) is 0 Å². The third-order valence-corrected chi connectivity index (χ3v) is 2.58. The highest BCUT2D eigenvalue weighted by molar-refractivity contribution is 5.08. The van der Waals surface area contributed by atoms with E-state index in [1.54, 1.807) is 0 Å². The van der Waals surface area contributed by atoms with Crippen LogP contribution in [-0.2, 0) is 4.74 Å². The van der Waals surface area contributed by atoms with Crippen LogP contribution in [0.4, 0.5) is 57.1 Å². The lowest BCUT2D eigenvalue weighted by atomic mass is 9.97. The van der Waals surface area contributed by atoms with E-state index in [1.165, 1.54) is 0 Å². The van der Waals surface area contributed by atoms with E-state index in [9.17, 15) is 57.1 Å². The first-order valence-corrected chi connectivity index (χ1v) is 5.70. The van der Waals surface area contributed by atoms with Gasteiger partial charge in [-0.3, -0.25) is 0 Å². The molecule has 1 nitrogen and oxygen atoms in total. The molecule has 0 saturated carbocycles. The van der Waals surface area contributed by atoms with Crippen LogP contribution in [0, 0.1) is 6.92 Å². The first-order chi connectivity index (χ1) is 10.3. The number of alkyl halides is 13. The van der Waals surface area contributed by atoms with Crippen molar-refractivity contribution < 1.29 is 61.8 Å². The Balaban J connectivity index is 5.92. The Kier molecular flexibility index (Phi) is 6.15. The lowest BCUT2D eigenvalue weighted by molar-refractivity contribution is -0.465. The van der Waals surface area contributed by atoms with Gasteiger partial charge in [-0.1, -0.05) is 13.3 Å². The van der Waals surface area contributed by atoms with Crippen LogP contribution in [0.5, 0.6) is 0 Å². The van der Waals surface area contributed by atoms with Gasteiger partial charge in [0.05, 0.1) is 6.61 Å². The molecule has 0 atom stereocenters. The van der Waals surface area contributed by atoms with Crippen LogP contribution in [0.1, 0.15) is 12.8 Å². The molecular weight excluding hydrogens is 383 g/mol. The van der Waals surface area contributed by atoms with Crippen LogP contribution < -0.4 is 0 Å². The van der Waals surface area contributed by atoms with Crippen LogP contribution >= 0.6 is 0 Å². The van der Waals surface area contributed by atoms with Crippen molar-refractivity contribution in [3.8, 4) is 0 Å². The average Bonchev–Trinajstić information content (AvgIpc) is 2.36. The highest BCUT2D eigenvalue weighted by atomic mass is 19.4. The summed E-state index contributed by atoms with van der Waals surface area (Å²) in [6.45, 7) is 1.58. The van der Waals surface area contributed by atoms with E-state index in [0.29, 0.717) is 0 Å². The summed E-state index contributed by atoms with van der Waals surface area (Å²) in [4.78, 5) is 0. The van der Waals surface area contributed by atoms with Crippen LogP contribution in [0.3, 0.4) is 0 Å². The van der Waals surface area contributed by atoms with Crippen molar-refractivity contribution in [2.75, 3.05) is 6.61 Å². The van der Waals surface area contributed by atoms with Crippen molar-refractivity contribution in [3.63, 3.8) is 0 Å². The molecule has 24 heavy (non-hydrogen) atoms. The summed E-state index contributed by atoms with van der Waals surface area (Å²) < 4.78 is 166. The van der Waals surface area contributed by atoms with Gasteiger partial charge in [0.15, 0.2) is 0 Å². The largest absolute Gasteiger partial charge is 0.460 e. The topological polar surface area (TPSA) is 9.23 Å². The van der Waals surface area contributed by atoms with Gasteiger partial charge in [-0.25, -0.2) is 0 Å². The third-order valence-electron chi connectivity index (χ3n) is 2.58. The molecule has 145 valence electrons. The standard InChI is InChI=1S/C10H8F13O/c1-2-3-4-24-10(22,23)8(17,18)6(13,14)5(11,12)7(15,16)9(19,20)21/h1-4H2. The quantitative estimate of drug-likeness (QED) is 0.402. The highest BCUT2D eigenvalue weighted by Gasteiger charge is 2.91. The SMILES string of the molecule is [CH2]CCCOC(F)(F)C(F)(F)C(F)(F)C(F)(F)C(F)(F)C(F)(F)F. The number of hydrogen-bond acceptors (Lipinski definition) is 1. The average molecular weight is 391 g/mol. The van der Waals surface area contributed by atoms with Crippen LogP contribution in [0.2, 0.25) is 0 Å². The molecule has 0 rings (SSSR count). The lowest BCUT2D eigenvalue weighted by Crippen LogP contribution is -2.70. The summed E-state index contributed by atoms with van der Waals surface area (Å²) in [6.07, 6.45) is -14.7. The highest BCUT2D eigenvalue weighted by Crippen LogP contribution is 2.60. The van der Waals surface area contributed by atoms with E-state index < -0.39 is 49.0 Å². The summed E-state index contributed by atoms with van der Waals surface area (Å²) in [5.41, 5.74) is 0. The molecule has 0 aliphatic carbocycles. The van der Waals surface area contributed by atoms with Crippen LogP contribution in [-0.4, -0.2) is 42.6 Å². The van der Waals surface area contributed by atoms with Crippen molar-refractivity contribution in [2.24, 2.45) is 0 Å². The second-order valence-corrected chi connectivity index (χ2v) is 4.37. The van der Waals surface area contributed by atoms with E-state index in [4.69, 9.17) is 0 Å². The number of rotatable bonds is 8. The van der Waals surface area contributed by atoms with Gasteiger partial charge in [-0.2, -0.15) is 57.1 Å². The summed E-state index contributed by atoms with van der Waals surface area (Å²) in [5, 5.41) is 0. The molecule has 0 aromatic carbocycles. The number of halogens is 13. The van der Waals surface area contributed by atoms with Crippen molar-refractivity contribution in [1.82, 2.24) is 0 Å². The fourth-order valence-corrected chi connectivity index (χ4v) is 1.15. The Bertz CT molecular complexity index is 425. The molecule has 0 saturated heterocycles. The summed E-state index contributed by atoms with van der Waals surface area (Å²) in [6, 6.07) is 0. The monoisotopic (exact) mass is 391 g/mol. The first kappa shape index (κ1) is 23.1. The van der Waals surface area contributed by atoms with Crippen molar-refractivity contribution in [1.29, 1.82) is 0 Å². The van der Waals surface area contributed by atoms with Gasteiger partial charge in [-0.05, 0) is 6.42 Å². The Morgan fingerprint density at radius 1 is 0.583 bits per heavy atom. The predicted octanol–water partition coefficient (Wildman–Crippen LogP) is 5.31. The van der Waals surface area contributed by atoms with E-state index in [2.05, 4.69) is 11.7 Å². The van der Waals surface area contributed by atoms with E-state index >= 15 is 0 Å². The van der Waals surface area contributed by atoms with Gasteiger partial charge in [0.25, 0.3) is 0 Å². The van der Waals surface area contributed by atoms with Crippen LogP contribution in [0.15, 0.2) is 0 Å². The molecule has 0 unspecified atom stereocenters. The maximum atomic E-state index is 13.0. The second kappa shape index (κ2) is 6.41. The molecule has 0 bridgehead atoms. The fourth-order valence-electron chi connectivity index (χ4n) is 1.15. The zero-order valence-electron chi connectivity index (χ0n) is 11.2. The van der Waals surface area contributed by atoms with Crippen molar-refractivity contribution in [3.05, 3.63) is 6.92 Å². The minimum atomic E-state index is -7.90. The zero-order valence-corrected chi connectivity index (χ0v) is 11.2. The zero-order chi connectivity index (χ0) is 19.8. The maximum absolute atomic E-state index is 13.0. The molecule has 0 fully saturated rings. The van der Waals surface area contributed by atoms with Gasteiger partial charge in [0.1, 0.15) is 0 Å². The Hall–Kier alpha value is -0.950. The Morgan fingerprint density at radius 3 is 1.29 bits per heavy atom. The Labute approximate surface area is 125 Å². The van der Waals surface area contributed by atoms with Gasteiger partial charge in [0.2, 0.25) is 0 Å². The fraction of sp³-hybridized carbons (Fsp3) is 0.900. The third kappa shape index (κ3) is 3.38. The molecule has 0 heterocycles. The predicted molar refractivity (Wildman–Crippen MR) is 51.3 cm³/mol. The Morgan fingerprint density at radius 2 is 0.958 bits per heavy atom. The summed E-state index contributed by atoms with van der Waals surface area (Å²) >= 11 is 0. The molecule has 0 spiro atoms. The molecule has 0 aromatic rings. The minimum Gasteiger partial charge on any atom is -0.316 e. The van der Waals surface area contributed by atoms with Gasteiger partial charge in [0, 0.05) is 0 Å². The van der Waals surface area contributed by atoms with Gasteiger partial charge >= 0.3 is 36.0 Å². The van der Waals surface area contributed by atoms with Crippen LogP contribution in [0.25, 0.3) is 0 Å². The molecule has 0 N–H and O–H groups in total. The smallest absolute Gasteiger partial charge is 0.316 e. The second-order valence-electron chi connectivity index (χ2n) is 4.37. The van der Waals surface area contributed by atoms with E-state index in [-0.39, 0.29) is 6.42 Å². The molecule has 0 amide bonds. The van der Waals surface area contributed by atoms with Gasteiger partial charge in [-0.15, -0.1) is 0 Å². The first-order valence-electron chi connectivity index (χ1n) is 5.70. The maximum Gasteiger partial charge on any atom is 0.460 e. The molecular formula is C10H8F13O. The summed E-state index contributed by atoms with van der Waals surface area (Å²) in [5.74, 6) is -30.8. The molecule has 14 heteroatoms. The van der Waals surface area contributed by atoms with Crippen molar-refractivity contribution >= 4 is 0 Å². The lowest BCUT2D eigenvalue weighted by Gasteiger charge is -2.39. The molecule has 0 aliphatic rings. The van der Waals surface area contributed by atoms with Gasteiger partial charge < -0.3 is 4.74 Å². The minimum absolute atomic E-state index is 0.250. The number of unbranched alkanes of at least 4 members (excludes halogenated alkanes) is 1. The number of hydrogen-bond donors (Lipinski definition) is 0. The van der Waals surface area contributed by atoms with E-state index in [1.807, 2.05) is 0 Å². The molecule has 0 aromatic heterocycles.